The summed E-state index contributed by atoms with van der Waals surface area (Å²) in [7, 11) is 0. The molecule has 0 saturated heterocycles. The Morgan fingerprint density at radius 1 is 1.23 bits per heavy atom. The summed E-state index contributed by atoms with van der Waals surface area (Å²) in [6.45, 7) is 10.9. The van der Waals surface area contributed by atoms with Crippen LogP contribution in [0.15, 0.2) is 18.2 Å². The van der Waals surface area contributed by atoms with Crippen molar-refractivity contribution in [1.82, 2.24) is 4.57 Å². The minimum Gasteiger partial charge on any atom is -0.485 e. The quantitative estimate of drug-likeness (QED) is 0.810. The Labute approximate surface area is 129 Å². The second kappa shape index (κ2) is 5.63. The molecule has 2 aromatic rings. The van der Waals surface area contributed by atoms with Crippen molar-refractivity contribution in [3.8, 4) is 5.75 Å². The Morgan fingerprint density at radius 3 is 2.41 bits per heavy atom. The molecule has 0 aliphatic heterocycles. The smallest absolute Gasteiger partial charge is 0.418 e. The SMILES string of the molecule is Cc1cc2cc(OC(C)(C)C)c(F)cc2n1C(=O)OC(C)C. The van der Waals surface area contributed by atoms with E-state index in [0.717, 1.165) is 5.39 Å². The topological polar surface area (TPSA) is 40.5 Å². The molecule has 1 aromatic carbocycles. The lowest BCUT2D eigenvalue weighted by molar-refractivity contribution is 0.117. The molecule has 0 aliphatic rings. The first-order valence-corrected chi connectivity index (χ1v) is 7.30. The molecular weight excluding hydrogens is 285 g/mol. The van der Waals surface area contributed by atoms with E-state index >= 15 is 0 Å². The number of benzene rings is 1. The molecule has 0 bridgehead atoms. The van der Waals surface area contributed by atoms with Gasteiger partial charge in [0.2, 0.25) is 0 Å². The van der Waals surface area contributed by atoms with E-state index in [2.05, 4.69) is 0 Å². The van der Waals surface area contributed by atoms with E-state index in [1.807, 2.05) is 26.8 Å². The van der Waals surface area contributed by atoms with Gasteiger partial charge in [0, 0.05) is 17.1 Å². The van der Waals surface area contributed by atoms with Crippen LogP contribution in [0.25, 0.3) is 10.9 Å². The molecule has 0 N–H and O–H groups in total. The Hall–Kier alpha value is -2.04. The van der Waals surface area contributed by atoms with Crippen molar-refractivity contribution >= 4 is 17.0 Å². The van der Waals surface area contributed by atoms with Gasteiger partial charge in [0.15, 0.2) is 11.6 Å². The van der Waals surface area contributed by atoms with Gasteiger partial charge >= 0.3 is 6.09 Å². The summed E-state index contributed by atoms with van der Waals surface area (Å²) in [6, 6.07) is 4.74. The zero-order valence-electron chi connectivity index (χ0n) is 13.9. The van der Waals surface area contributed by atoms with Gasteiger partial charge in [0.05, 0.1) is 11.6 Å². The first-order valence-electron chi connectivity index (χ1n) is 7.30. The van der Waals surface area contributed by atoms with Gasteiger partial charge in [-0.2, -0.15) is 0 Å². The van der Waals surface area contributed by atoms with Crippen LogP contribution in [0.1, 0.15) is 40.3 Å². The molecule has 0 aliphatic carbocycles. The maximum atomic E-state index is 14.3. The number of hydrogen-bond donors (Lipinski definition) is 0. The second-order valence-electron chi connectivity index (χ2n) is 6.61. The summed E-state index contributed by atoms with van der Waals surface area (Å²) in [5.74, 6) is -0.325. The highest BCUT2D eigenvalue weighted by molar-refractivity contribution is 5.91. The van der Waals surface area contributed by atoms with Gasteiger partial charge in [-0.15, -0.1) is 0 Å². The third kappa shape index (κ3) is 3.40. The molecular formula is C17H22FNO3. The van der Waals surface area contributed by atoms with Crippen molar-refractivity contribution in [3.05, 3.63) is 29.7 Å². The number of fused-ring (bicyclic) bond motifs is 1. The first kappa shape index (κ1) is 16.3. The largest absolute Gasteiger partial charge is 0.485 e. The molecule has 1 aromatic heterocycles. The molecule has 0 unspecified atom stereocenters. The molecule has 120 valence electrons. The van der Waals surface area contributed by atoms with Crippen molar-refractivity contribution in [2.75, 3.05) is 0 Å². The lowest BCUT2D eigenvalue weighted by Gasteiger charge is -2.21. The number of carbonyl (C=O) groups excluding carboxylic acids is 1. The average molecular weight is 307 g/mol. The number of ether oxygens (including phenoxy) is 2. The highest BCUT2D eigenvalue weighted by atomic mass is 19.1. The number of carbonyl (C=O) groups is 1. The van der Waals surface area contributed by atoms with Crippen LogP contribution in [0, 0.1) is 12.7 Å². The molecule has 0 saturated carbocycles. The number of hydrogen-bond acceptors (Lipinski definition) is 3. The maximum absolute atomic E-state index is 14.3. The first-order chi connectivity index (χ1) is 10.1. The molecule has 22 heavy (non-hydrogen) atoms. The molecule has 5 heteroatoms. The van der Waals surface area contributed by atoms with Crippen LogP contribution in [0.4, 0.5) is 9.18 Å². The summed E-state index contributed by atoms with van der Waals surface area (Å²) in [5, 5.41) is 0.735. The van der Waals surface area contributed by atoms with Crippen LogP contribution in [0.3, 0.4) is 0 Å². The van der Waals surface area contributed by atoms with Crippen molar-refractivity contribution in [1.29, 1.82) is 0 Å². The zero-order chi connectivity index (χ0) is 16.7. The Kier molecular flexibility index (Phi) is 4.18. The standard InChI is InChI=1S/C17H22FNO3/c1-10(2)21-16(20)19-11(3)7-12-8-15(22-17(4,5)6)13(18)9-14(12)19/h7-10H,1-6H3. The average Bonchev–Trinajstić information content (AvgIpc) is 2.62. The number of aryl methyl sites for hydroxylation is 1. The molecule has 2 rings (SSSR count). The molecule has 1 heterocycles. The minimum atomic E-state index is -0.508. The third-order valence-electron chi connectivity index (χ3n) is 2.97. The van der Waals surface area contributed by atoms with Gasteiger partial charge in [-0.25, -0.2) is 13.8 Å². The van der Waals surface area contributed by atoms with E-state index < -0.39 is 17.5 Å². The predicted octanol–water partition coefficient (Wildman–Crippen LogP) is 4.66. The lowest BCUT2D eigenvalue weighted by atomic mass is 10.1. The van der Waals surface area contributed by atoms with Gasteiger partial charge in [-0.3, -0.25) is 0 Å². The van der Waals surface area contributed by atoms with Crippen LogP contribution in [0.5, 0.6) is 5.75 Å². The molecule has 0 fully saturated rings. The minimum absolute atomic E-state index is 0.175. The van der Waals surface area contributed by atoms with E-state index in [4.69, 9.17) is 9.47 Å². The highest BCUT2D eigenvalue weighted by Gasteiger charge is 2.20. The zero-order valence-corrected chi connectivity index (χ0v) is 13.9. The summed E-state index contributed by atoms with van der Waals surface area (Å²) >= 11 is 0. The number of nitrogens with zero attached hydrogens (tertiary/aromatic N) is 1. The van der Waals surface area contributed by atoms with E-state index in [1.165, 1.54) is 10.6 Å². The van der Waals surface area contributed by atoms with Gasteiger partial charge in [0.25, 0.3) is 0 Å². The Morgan fingerprint density at radius 2 is 1.86 bits per heavy atom. The fraction of sp³-hybridized carbons (Fsp3) is 0.471. The van der Waals surface area contributed by atoms with Crippen molar-refractivity contribution in [2.24, 2.45) is 0 Å². The van der Waals surface area contributed by atoms with Gasteiger partial charge < -0.3 is 9.47 Å². The summed E-state index contributed by atoms with van der Waals surface area (Å²) in [5.41, 5.74) is 0.665. The predicted molar refractivity (Wildman–Crippen MR) is 84.0 cm³/mol. The summed E-state index contributed by atoms with van der Waals surface area (Å²) in [4.78, 5) is 12.2. The fourth-order valence-electron chi connectivity index (χ4n) is 2.25. The Bertz CT molecular complexity index is 711. The van der Waals surface area contributed by atoms with Crippen molar-refractivity contribution < 1.29 is 18.7 Å². The summed E-state index contributed by atoms with van der Waals surface area (Å²) in [6.07, 6.45) is -0.746. The van der Waals surface area contributed by atoms with E-state index in [1.54, 1.807) is 26.8 Å². The Balaban J connectivity index is 2.52. The second-order valence-corrected chi connectivity index (χ2v) is 6.61. The van der Waals surface area contributed by atoms with Crippen molar-refractivity contribution in [3.63, 3.8) is 0 Å². The molecule has 4 nitrogen and oxygen atoms in total. The third-order valence-corrected chi connectivity index (χ3v) is 2.97. The van der Waals surface area contributed by atoms with E-state index in [0.29, 0.717) is 11.2 Å². The molecule has 0 radical (unpaired) electrons. The van der Waals surface area contributed by atoms with Crippen LogP contribution in [-0.2, 0) is 4.74 Å². The molecule has 0 atom stereocenters. The van der Waals surface area contributed by atoms with Gasteiger partial charge in [-0.1, -0.05) is 0 Å². The van der Waals surface area contributed by atoms with Crippen molar-refractivity contribution in [2.45, 2.75) is 53.2 Å². The maximum Gasteiger partial charge on any atom is 0.418 e. The van der Waals surface area contributed by atoms with Crippen LogP contribution < -0.4 is 4.74 Å². The van der Waals surface area contributed by atoms with E-state index in [9.17, 15) is 9.18 Å². The lowest BCUT2D eigenvalue weighted by Crippen LogP contribution is -2.23. The van der Waals surface area contributed by atoms with Crippen LogP contribution in [-0.4, -0.2) is 22.4 Å². The van der Waals surface area contributed by atoms with Gasteiger partial charge in [0.1, 0.15) is 5.60 Å². The molecule has 0 amide bonds. The van der Waals surface area contributed by atoms with Gasteiger partial charge in [-0.05, 0) is 53.7 Å². The molecule has 0 spiro atoms. The monoisotopic (exact) mass is 307 g/mol. The van der Waals surface area contributed by atoms with Crippen LogP contribution in [0.2, 0.25) is 0 Å². The van der Waals surface area contributed by atoms with E-state index in [-0.39, 0.29) is 11.9 Å². The normalized spacial score (nSPS) is 12.0. The number of halogens is 1. The number of aromatic nitrogens is 1. The van der Waals surface area contributed by atoms with Crippen LogP contribution >= 0.6 is 0 Å². The highest BCUT2D eigenvalue weighted by Crippen LogP contribution is 2.30. The fourth-order valence-corrected chi connectivity index (χ4v) is 2.25. The number of rotatable bonds is 2. The summed E-state index contributed by atoms with van der Waals surface area (Å²) < 4.78 is 26.5.